The van der Waals surface area contributed by atoms with Gasteiger partial charge in [0.1, 0.15) is 0 Å². The minimum Gasteiger partial charge on any atom is -0.465 e. The number of nitrogens with one attached hydrogen (secondary N) is 1. The number of esters is 1. The Hall–Kier alpha value is -3.41. The van der Waals surface area contributed by atoms with Crippen LogP contribution in [-0.2, 0) is 11.3 Å². The molecule has 0 bridgehead atoms. The number of benzene rings is 2. The zero-order chi connectivity index (χ0) is 18.8. The normalized spacial score (nSPS) is 15.9. The first kappa shape index (κ1) is 17.0. The van der Waals surface area contributed by atoms with Crippen LogP contribution in [0.2, 0.25) is 0 Å². The van der Waals surface area contributed by atoms with Gasteiger partial charge in [-0.15, -0.1) is 0 Å². The summed E-state index contributed by atoms with van der Waals surface area (Å²) in [5, 5.41) is 0. The summed E-state index contributed by atoms with van der Waals surface area (Å²) in [6, 6.07) is 16.8. The van der Waals surface area contributed by atoms with Crippen LogP contribution in [0.4, 0.5) is 0 Å². The van der Waals surface area contributed by atoms with Gasteiger partial charge in [0.05, 0.1) is 42.5 Å². The standard InChI is InChI=1S/C21H19N3O3/c1-27-21(26)16-10-6-5-9-15(16)20(25)24-11-17(14-7-3-2-4-8-14)19-18(12-24)22-13-23-19/h2-10,13,17H,11-12H2,1H3,(H,22,23). The fourth-order valence-corrected chi connectivity index (χ4v) is 3.55. The van der Waals surface area contributed by atoms with E-state index in [-0.39, 0.29) is 17.4 Å². The SMILES string of the molecule is COC(=O)c1ccccc1C(=O)N1Cc2[nH]cnc2C(c2ccccc2)C1. The van der Waals surface area contributed by atoms with Crippen LogP contribution in [0.15, 0.2) is 60.9 Å². The number of hydrogen-bond donors (Lipinski definition) is 1. The summed E-state index contributed by atoms with van der Waals surface area (Å²) in [7, 11) is 1.31. The van der Waals surface area contributed by atoms with E-state index in [1.54, 1.807) is 35.5 Å². The number of carbonyl (C=O) groups is 2. The van der Waals surface area contributed by atoms with Crippen LogP contribution in [0.5, 0.6) is 0 Å². The van der Waals surface area contributed by atoms with Gasteiger partial charge in [0.25, 0.3) is 5.91 Å². The molecule has 1 unspecified atom stereocenters. The van der Waals surface area contributed by atoms with E-state index < -0.39 is 5.97 Å². The van der Waals surface area contributed by atoms with Crippen molar-refractivity contribution >= 4 is 11.9 Å². The molecular weight excluding hydrogens is 342 g/mol. The smallest absolute Gasteiger partial charge is 0.338 e. The predicted molar refractivity (Wildman–Crippen MR) is 99.4 cm³/mol. The lowest BCUT2D eigenvalue weighted by molar-refractivity contribution is 0.0587. The summed E-state index contributed by atoms with van der Waals surface area (Å²) in [4.78, 5) is 34.7. The Morgan fingerprint density at radius 1 is 1.07 bits per heavy atom. The first-order valence-corrected chi connectivity index (χ1v) is 8.72. The third-order valence-electron chi connectivity index (χ3n) is 4.89. The zero-order valence-corrected chi connectivity index (χ0v) is 14.9. The number of imidazole rings is 1. The van der Waals surface area contributed by atoms with Gasteiger partial charge in [-0.2, -0.15) is 0 Å². The van der Waals surface area contributed by atoms with E-state index in [9.17, 15) is 9.59 Å². The van der Waals surface area contributed by atoms with Crippen molar-refractivity contribution in [1.82, 2.24) is 14.9 Å². The minimum atomic E-state index is -0.516. The lowest BCUT2D eigenvalue weighted by Gasteiger charge is -2.32. The minimum absolute atomic E-state index is 0.0181. The molecule has 0 spiro atoms. The van der Waals surface area contributed by atoms with Gasteiger partial charge >= 0.3 is 5.97 Å². The Labute approximate surface area is 156 Å². The molecule has 136 valence electrons. The highest BCUT2D eigenvalue weighted by Crippen LogP contribution is 2.32. The second kappa shape index (κ2) is 7.07. The number of ether oxygens (including phenoxy) is 1. The van der Waals surface area contributed by atoms with Crippen LogP contribution in [0, 0.1) is 0 Å². The van der Waals surface area contributed by atoms with Gasteiger partial charge < -0.3 is 14.6 Å². The molecular formula is C21H19N3O3. The van der Waals surface area contributed by atoms with Gasteiger partial charge in [-0.3, -0.25) is 4.79 Å². The molecule has 0 saturated heterocycles. The van der Waals surface area contributed by atoms with E-state index in [2.05, 4.69) is 9.97 Å². The van der Waals surface area contributed by atoms with Gasteiger partial charge in [-0.05, 0) is 17.7 Å². The van der Waals surface area contributed by atoms with Crippen LogP contribution in [-0.4, -0.2) is 40.4 Å². The van der Waals surface area contributed by atoms with Crippen molar-refractivity contribution in [2.45, 2.75) is 12.5 Å². The Bertz CT molecular complexity index is 981. The number of amides is 1. The van der Waals surface area contributed by atoms with Crippen LogP contribution in [0.3, 0.4) is 0 Å². The van der Waals surface area contributed by atoms with Crippen molar-refractivity contribution in [3.8, 4) is 0 Å². The largest absolute Gasteiger partial charge is 0.465 e. The number of methoxy groups -OCH3 is 1. The first-order valence-electron chi connectivity index (χ1n) is 8.72. The molecule has 1 atom stereocenters. The molecule has 1 aliphatic rings. The van der Waals surface area contributed by atoms with Crippen molar-refractivity contribution in [2.24, 2.45) is 0 Å². The zero-order valence-electron chi connectivity index (χ0n) is 14.9. The summed E-state index contributed by atoms with van der Waals surface area (Å²) in [5.41, 5.74) is 3.60. The number of hydrogen-bond acceptors (Lipinski definition) is 4. The molecule has 3 aromatic rings. The maximum absolute atomic E-state index is 13.2. The topological polar surface area (TPSA) is 75.3 Å². The summed E-state index contributed by atoms with van der Waals surface area (Å²) in [5.74, 6) is -0.731. The number of H-pyrrole nitrogens is 1. The van der Waals surface area contributed by atoms with Gasteiger partial charge in [0.2, 0.25) is 0 Å². The lowest BCUT2D eigenvalue weighted by atomic mass is 9.90. The number of aromatic nitrogens is 2. The van der Waals surface area contributed by atoms with Crippen LogP contribution in [0.25, 0.3) is 0 Å². The monoisotopic (exact) mass is 361 g/mol. The molecule has 2 heterocycles. The maximum Gasteiger partial charge on any atom is 0.338 e. The quantitative estimate of drug-likeness (QED) is 0.728. The maximum atomic E-state index is 13.2. The summed E-state index contributed by atoms with van der Waals surface area (Å²) in [6.45, 7) is 0.920. The molecule has 0 radical (unpaired) electrons. The van der Waals surface area contributed by atoms with Crippen molar-refractivity contribution in [1.29, 1.82) is 0 Å². The van der Waals surface area contributed by atoms with E-state index in [0.29, 0.717) is 18.7 Å². The highest BCUT2D eigenvalue weighted by Gasteiger charge is 2.32. The number of carbonyl (C=O) groups excluding carboxylic acids is 2. The molecule has 2 aromatic carbocycles. The molecule has 1 amide bonds. The van der Waals surface area contributed by atoms with E-state index in [1.165, 1.54) is 7.11 Å². The summed E-state index contributed by atoms with van der Waals surface area (Å²) < 4.78 is 4.82. The van der Waals surface area contributed by atoms with E-state index >= 15 is 0 Å². The van der Waals surface area contributed by atoms with E-state index in [4.69, 9.17) is 4.74 Å². The lowest BCUT2D eigenvalue weighted by Crippen LogP contribution is -2.39. The molecule has 4 rings (SSSR count). The van der Waals surface area contributed by atoms with Crippen molar-refractivity contribution < 1.29 is 14.3 Å². The number of nitrogens with zero attached hydrogens (tertiary/aromatic N) is 2. The third-order valence-corrected chi connectivity index (χ3v) is 4.89. The van der Waals surface area contributed by atoms with Crippen LogP contribution < -0.4 is 0 Å². The Morgan fingerprint density at radius 2 is 1.78 bits per heavy atom. The molecule has 0 saturated carbocycles. The highest BCUT2D eigenvalue weighted by atomic mass is 16.5. The molecule has 0 fully saturated rings. The van der Waals surface area contributed by atoms with Crippen LogP contribution >= 0.6 is 0 Å². The Morgan fingerprint density at radius 3 is 2.52 bits per heavy atom. The van der Waals surface area contributed by atoms with E-state index in [1.807, 2.05) is 30.3 Å². The number of aromatic amines is 1. The Kier molecular flexibility index (Phi) is 4.46. The van der Waals surface area contributed by atoms with Crippen LogP contribution in [0.1, 0.15) is 43.6 Å². The van der Waals surface area contributed by atoms with Crippen molar-refractivity contribution in [3.05, 3.63) is 89.0 Å². The molecule has 27 heavy (non-hydrogen) atoms. The molecule has 6 nitrogen and oxygen atoms in total. The second-order valence-corrected chi connectivity index (χ2v) is 6.45. The van der Waals surface area contributed by atoms with Crippen molar-refractivity contribution in [2.75, 3.05) is 13.7 Å². The van der Waals surface area contributed by atoms with Gasteiger partial charge in [0.15, 0.2) is 0 Å². The molecule has 6 heteroatoms. The average Bonchev–Trinajstić information content (AvgIpc) is 3.21. The first-order chi connectivity index (χ1) is 13.2. The Balaban J connectivity index is 1.70. The van der Waals surface area contributed by atoms with Crippen molar-refractivity contribution in [3.63, 3.8) is 0 Å². The summed E-state index contributed by atoms with van der Waals surface area (Å²) in [6.07, 6.45) is 1.66. The predicted octanol–water partition coefficient (Wildman–Crippen LogP) is 2.98. The average molecular weight is 361 g/mol. The molecule has 1 aliphatic heterocycles. The number of rotatable bonds is 3. The summed E-state index contributed by atoms with van der Waals surface area (Å²) >= 11 is 0. The number of fused-ring (bicyclic) bond motifs is 1. The molecule has 0 aliphatic carbocycles. The van der Waals surface area contributed by atoms with E-state index in [0.717, 1.165) is 17.0 Å². The third kappa shape index (κ3) is 3.10. The fourth-order valence-electron chi connectivity index (χ4n) is 3.55. The molecule has 1 N–H and O–H groups in total. The highest BCUT2D eigenvalue weighted by molar-refractivity contribution is 6.05. The second-order valence-electron chi connectivity index (χ2n) is 6.45. The van der Waals surface area contributed by atoms with Gasteiger partial charge in [-0.25, -0.2) is 9.78 Å². The van der Waals surface area contributed by atoms with Gasteiger partial charge in [0, 0.05) is 12.5 Å². The fraction of sp³-hybridized carbons (Fsp3) is 0.190. The van der Waals surface area contributed by atoms with Gasteiger partial charge in [-0.1, -0.05) is 42.5 Å². The molecule has 1 aromatic heterocycles.